The molecule has 0 aromatic rings. The highest BCUT2D eigenvalue weighted by atomic mass is 79.9. The van der Waals surface area contributed by atoms with Crippen LogP contribution in [0.4, 0.5) is 0 Å². The molecule has 2 aliphatic heterocycles. The van der Waals surface area contributed by atoms with Crippen LogP contribution >= 0.6 is 303 Å². The fraction of sp³-hybridized carbons (Fsp3) is 0.750. The Hall–Kier alpha value is 3.78. The maximum absolute atomic E-state index is 11.8. The number of nitrogens with zero attached hydrogens (tertiary/aromatic N) is 1. The summed E-state index contributed by atoms with van der Waals surface area (Å²) in [5.41, 5.74) is 8.59. The molecule has 3 N–H and O–H groups in total. The van der Waals surface area contributed by atoms with Crippen molar-refractivity contribution in [1.82, 2.24) is 5.32 Å². The predicted molar refractivity (Wildman–Crippen MR) is 455 cm³/mol. The highest BCUT2D eigenvalue weighted by molar-refractivity contribution is 9.09. The summed E-state index contributed by atoms with van der Waals surface area (Å²) in [5, 5.41) is 22.0. The fourth-order valence-electron chi connectivity index (χ4n) is 8.87. The van der Waals surface area contributed by atoms with Gasteiger partial charge in [-0.15, -0.1) is 0 Å². The SMILES string of the molecule is C/C(CBr)=C(\CCC(OCC(Cl)(Cl)Cl)OCC(Cl)(Cl)Cl)C(=O)Cl.C/C(CBr)=C(\CCC(OCC(Cl)(Cl)Cl)OCC(Cl)(Cl)Cl)C(=O)O.C/C(CBr)=C(\CCC1NC(C)(C)CO1)C1=NC(C)(C)CO1.CC1=C(CCC(OCC(Cl)(Cl)Cl)OCC(Cl)(Cl)Cl)C(=O)CC1.CC1=C(CCC=O)C(=O)CC1.OCC(Cl)(Cl)Cl. The van der Waals surface area contributed by atoms with Gasteiger partial charge in [0, 0.05) is 76.8 Å². The van der Waals surface area contributed by atoms with Crippen LogP contribution in [0.25, 0.3) is 0 Å². The lowest BCUT2D eigenvalue weighted by atomic mass is 10.0. The van der Waals surface area contributed by atoms with Gasteiger partial charge in [-0.05, 0) is 136 Å². The van der Waals surface area contributed by atoms with Crippen LogP contribution in [0.3, 0.4) is 0 Å². The molecule has 618 valence electrons. The number of Topliss-reactive ketones (excluding diaryl/α,β-unsaturated/α-hetero) is 2. The first-order valence-electron chi connectivity index (χ1n) is 31.7. The molecule has 2 aliphatic carbocycles. The molecule has 1 unspecified atom stereocenters. The maximum atomic E-state index is 11.8. The molecule has 106 heavy (non-hydrogen) atoms. The second-order valence-electron chi connectivity index (χ2n) is 24.9. The number of alkyl halides is 24. The van der Waals surface area contributed by atoms with E-state index in [1.807, 2.05) is 13.8 Å². The first kappa shape index (κ1) is 112. The first-order valence-corrected chi connectivity index (χ1v) is 43.3. The number of carboxylic acids is 1. The van der Waals surface area contributed by atoms with Crippen LogP contribution in [0.15, 0.2) is 60.7 Å². The molecule has 42 heteroatoms. The molecule has 1 saturated heterocycles. The smallest absolute Gasteiger partial charge is 0.331 e. The summed E-state index contributed by atoms with van der Waals surface area (Å²) < 4.78 is 32.7. The minimum absolute atomic E-state index is 0.0718. The lowest BCUT2D eigenvalue weighted by Gasteiger charge is -2.23. The Labute approximate surface area is 757 Å². The molecule has 0 saturated carbocycles. The Bertz CT molecular complexity index is 2790. The minimum atomic E-state index is -1.64. The van der Waals surface area contributed by atoms with E-state index in [4.69, 9.17) is 303 Å². The molecule has 0 aromatic carbocycles. The number of allylic oxidation sites excluding steroid dienone is 8. The summed E-state index contributed by atoms with van der Waals surface area (Å²) >= 11 is 132. The van der Waals surface area contributed by atoms with Crippen LogP contribution in [-0.4, -0.2) is 183 Å². The standard InChI is InChI=1S/C16H27BrN2O2.C13H16Cl6O3.C12H14BrCl7O3.C12H15BrCl6O4.C9H12O2.C2H3Cl3O/c1-11(8-17)12(14-19-16(4,5)10-21-14)6-7-13-18-15(2,3)9-20-13;1-8-2-4-10(20)9(8)3-5-11(21-6-12(14,15)16)22-7-13(17,18)19;1-7(4-13)8(10(14)21)2-3-9(22-5-11(15,16)17)23-6-12(18,19)20;1-7(4-13)8(10(20)21)2-3-9(22-5-11(14,15)16)23-6-12(17,18)19;1-7-4-5-9(11)8(7)3-2-6-10;3-2(4,5)1-6/h13,18H,6-10H2,1-5H3;11H,2-7H2,1H3;9H,2-6H2,1H3;9H,2-6H2,1H3,(H,20,21);6H,2-5H2,1H3;6H,1H2/b12-11-;;2*8-7-;;. The van der Waals surface area contributed by atoms with Crippen LogP contribution in [0.1, 0.15) is 152 Å². The van der Waals surface area contributed by atoms with Gasteiger partial charge in [-0.1, -0.05) is 319 Å². The number of nitrogens with one attached hydrogen (secondary N) is 1. The summed E-state index contributed by atoms with van der Waals surface area (Å²) in [5.74, 6) is 0.181. The quantitative estimate of drug-likeness (QED) is 0.0183. The van der Waals surface area contributed by atoms with Crippen LogP contribution in [0.2, 0.25) is 0 Å². The van der Waals surface area contributed by atoms with Gasteiger partial charge in [0.15, 0.2) is 30.4 Å². The second kappa shape index (κ2) is 54.9. The van der Waals surface area contributed by atoms with E-state index in [2.05, 4.69) is 87.7 Å². The number of aliphatic hydroxyl groups is 1. The highest BCUT2D eigenvalue weighted by Crippen LogP contribution is 2.36. The Balaban J connectivity index is 0. The molecule has 0 spiro atoms. The van der Waals surface area contributed by atoms with Crippen molar-refractivity contribution in [3.05, 3.63) is 55.7 Å². The number of carbonyl (C=O) groups is 5. The van der Waals surface area contributed by atoms with E-state index in [1.54, 1.807) is 13.8 Å². The number of ether oxygens (including phenoxy) is 8. The summed E-state index contributed by atoms with van der Waals surface area (Å²) in [6.45, 7) is 17.8. The molecule has 2 heterocycles. The van der Waals surface area contributed by atoms with Gasteiger partial charge in [-0.3, -0.25) is 19.7 Å². The molecule has 4 rings (SSSR count). The summed E-state index contributed by atoms with van der Waals surface area (Å²) in [4.78, 5) is 60.4. The number of rotatable bonds is 33. The molecule has 4 aliphatic rings. The van der Waals surface area contributed by atoms with Crippen LogP contribution in [0.5, 0.6) is 0 Å². The zero-order chi connectivity index (χ0) is 82.6. The van der Waals surface area contributed by atoms with E-state index in [0.29, 0.717) is 73.4 Å². The van der Waals surface area contributed by atoms with Crippen molar-refractivity contribution >= 4 is 338 Å². The van der Waals surface area contributed by atoms with Crippen molar-refractivity contribution in [1.29, 1.82) is 0 Å². The third-order valence-corrected chi connectivity index (χ3v) is 19.1. The number of aliphatic imine (C=N–C) groups is 1. The van der Waals surface area contributed by atoms with Gasteiger partial charge in [0.1, 0.15) is 19.1 Å². The molecule has 0 aromatic heterocycles. The molecule has 0 bridgehead atoms. The number of carboxylic acid groups (broad SMARTS) is 1. The summed E-state index contributed by atoms with van der Waals surface area (Å²) in [6, 6.07) is 0. The molecular formula is C64H87Br3Cl22N2O15. The highest BCUT2D eigenvalue weighted by Gasteiger charge is 2.35. The predicted octanol–water partition coefficient (Wildman–Crippen LogP) is 24.0. The molecule has 0 radical (unpaired) electrons. The van der Waals surface area contributed by atoms with E-state index in [9.17, 15) is 29.1 Å². The molecular weight excluding hydrogens is 2060 g/mol. The Morgan fingerprint density at radius 1 is 0.557 bits per heavy atom. The van der Waals surface area contributed by atoms with Crippen molar-refractivity contribution in [2.45, 2.75) is 215 Å². The van der Waals surface area contributed by atoms with Gasteiger partial charge in [0.2, 0.25) is 37.7 Å². The lowest BCUT2D eigenvalue weighted by Crippen LogP contribution is -2.39. The van der Waals surface area contributed by atoms with Crippen LogP contribution in [-0.2, 0) is 61.9 Å². The number of hydrogen-bond acceptors (Lipinski definition) is 16. The number of aliphatic hydroxyl groups excluding tert-OH is 1. The van der Waals surface area contributed by atoms with E-state index in [0.717, 1.165) is 72.1 Å². The minimum Gasteiger partial charge on any atom is -0.478 e. The molecule has 0 amide bonds. The van der Waals surface area contributed by atoms with Gasteiger partial charge in [0.05, 0.1) is 58.4 Å². The third kappa shape index (κ3) is 58.6. The number of aliphatic carboxylic acids is 1. The van der Waals surface area contributed by atoms with E-state index in [-0.39, 0.29) is 93.3 Å². The van der Waals surface area contributed by atoms with E-state index in [1.165, 1.54) is 16.7 Å². The summed E-state index contributed by atoms with van der Waals surface area (Å²) in [7, 11) is 0. The number of halogens is 25. The molecule has 17 nitrogen and oxygen atoms in total. The van der Waals surface area contributed by atoms with Crippen molar-refractivity contribution in [3.63, 3.8) is 0 Å². The van der Waals surface area contributed by atoms with Gasteiger partial charge in [0.25, 0.3) is 0 Å². The average molecular weight is 2140 g/mol. The van der Waals surface area contributed by atoms with E-state index < -0.39 is 63.2 Å². The van der Waals surface area contributed by atoms with Gasteiger partial charge in [-0.25, -0.2) is 9.79 Å². The largest absolute Gasteiger partial charge is 0.478 e. The second-order valence-corrected chi connectivity index (χ2v) is 44.6. The topological polar surface area (TPSA) is 224 Å². The Morgan fingerprint density at radius 2 is 0.906 bits per heavy atom. The van der Waals surface area contributed by atoms with E-state index >= 15 is 0 Å². The maximum Gasteiger partial charge on any atom is 0.331 e. The fourth-order valence-corrected chi connectivity index (χ4v) is 11.3. The van der Waals surface area contributed by atoms with Crippen molar-refractivity contribution in [3.8, 4) is 0 Å². The normalized spacial score (nSPS) is 17.8. The third-order valence-electron chi connectivity index (χ3n) is 14.1. The monoisotopic (exact) mass is 2130 g/mol. The lowest BCUT2D eigenvalue weighted by molar-refractivity contribution is -0.144. The van der Waals surface area contributed by atoms with Gasteiger partial charge in [-0.2, -0.15) is 0 Å². The molecule has 1 fully saturated rings. The van der Waals surface area contributed by atoms with Gasteiger partial charge < -0.3 is 52.9 Å². The van der Waals surface area contributed by atoms with Crippen molar-refractivity contribution in [2.24, 2.45) is 4.99 Å². The van der Waals surface area contributed by atoms with Crippen molar-refractivity contribution in [2.75, 3.05) is 75.5 Å². The average Bonchev–Trinajstić information content (AvgIpc) is 1.64. The number of carbonyl (C=O) groups excluding carboxylic acids is 4. The molecule has 1 atom stereocenters. The Kier molecular flexibility index (Phi) is 57.9. The van der Waals surface area contributed by atoms with Crippen molar-refractivity contribution < 1.29 is 72.1 Å². The Morgan fingerprint density at radius 3 is 1.18 bits per heavy atom. The number of hydrogen-bond donors (Lipinski definition) is 3. The zero-order valence-electron chi connectivity index (χ0n) is 58.9. The zero-order valence-corrected chi connectivity index (χ0v) is 80.3. The van der Waals surface area contributed by atoms with Gasteiger partial charge >= 0.3 is 5.97 Å². The van der Waals surface area contributed by atoms with Crippen LogP contribution in [0, 0.1) is 0 Å². The first-order chi connectivity index (χ1) is 48.2. The number of aldehydes is 1. The number of ketones is 2. The van der Waals surface area contributed by atoms with Crippen LogP contribution < -0.4 is 5.32 Å². The summed E-state index contributed by atoms with van der Waals surface area (Å²) in [6.07, 6.45) is 6.24.